The van der Waals surface area contributed by atoms with Gasteiger partial charge in [-0.15, -0.1) is 0 Å². The number of hydrogen-bond donors (Lipinski definition) is 0. The van der Waals surface area contributed by atoms with Gasteiger partial charge in [0.15, 0.2) is 0 Å². The fourth-order valence-corrected chi connectivity index (χ4v) is 3.75. The Morgan fingerprint density at radius 2 is 1.88 bits per heavy atom. The Bertz CT molecular complexity index is 575. The maximum Gasteiger partial charge on any atom is 0.227 e. The second-order valence-electron chi connectivity index (χ2n) is 6.70. The van der Waals surface area contributed by atoms with Crippen molar-refractivity contribution in [2.75, 3.05) is 50.7 Å². The molecule has 128 valence electrons. The fourth-order valence-electron chi connectivity index (χ4n) is 3.75. The minimum absolute atomic E-state index is 0.112. The molecule has 0 aromatic heterocycles. The standard InChI is InChI=1S/C19H26N4O/c20-9-5-11-21-10-4-6-17(16-21)19(24)23-14-12-22(13-15-23)18-7-2-1-3-8-18/h1-3,7-8,17H,4-6,10-16H2. The van der Waals surface area contributed by atoms with Crippen molar-refractivity contribution in [1.29, 1.82) is 5.26 Å². The molecule has 2 aliphatic heterocycles. The van der Waals surface area contributed by atoms with Gasteiger partial charge in [-0.05, 0) is 31.5 Å². The molecule has 5 heteroatoms. The van der Waals surface area contributed by atoms with Gasteiger partial charge in [-0.2, -0.15) is 5.26 Å². The van der Waals surface area contributed by atoms with Gasteiger partial charge in [0, 0.05) is 51.4 Å². The van der Waals surface area contributed by atoms with Crippen LogP contribution in [0.15, 0.2) is 30.3 Å². The summed E-state index contributed by atoms with van der Waals surface area (Å²) in [5.74, 6) is 0.421. The molecule has 3 rings (SSSR count). The molecular formula is C19H26N4O. The van der Waals surface area contributed by atoms with Crippen LogP contribution in [0.3, 0.4) is 0 Å². The predicted molar refractivity (Wildman–Crippen MR) is 94.6 cm³/mol. The number of piperazine rings is 1. The third kappa shape index (κ3) is 4.07. The largest absolute Gasteiger partial charge is 0.368 e. The molecular weight excluding hydrogens is 300 g/mol. The SMILES string of the molecule is N#CCCN1CCCC(C(=O)N2CCN(c3ccccc3)CC2)C1. The van der Waals surface area contributed by atoms with Crippen molar-refractivity contribution in [2.24, 2.45) is 5.92 Å². The van der Waals surface area contributed by atoms with E-state index in [0.29, 0.717) is 12.3 Å². The van der Waals surface area contributed by atoms with E-state index in [0.717, 1.165) is 58.7 Å². The van der Waals surface area contributed by atoms with Gasteiger partial charge in [-0.1, -0.05) is 18.2 Å². The van der Waals surface area contributed by atoms with Gasteiger partial charge in [0.1, 0.15) is 0 Å². The smallest absolute Gasteiger partial charge is 0.227 e. The van der Waals surface area contributed by atoms with E-state index in [4.69, 9.17) is 5.26 Å². The van der Waals surface area contributed by atoms with Crippen LogP contribution in [0.25, 0.3) is 0 Å². The number of carbonyl (C=O) groups is 1. The third-order valence-electron chi connectivity index (χ3n) is 5.11. The molecule has 2 heterocycles. The number of anilines is 1. The first kappa shape index (κ1) is 16.8. The van der Waals surface area contributed by atoms with Crippen LogP contribution >= 0.6 is 0 Å². The number of benzene rings is 1. The van der Waals surface area contributed by atoms with Crippen molar-refractivity contribution in [3.63, 3.8) is 0 Å². The Labute approximate surface area is 144 Å². The number of hydrogen-bond acceptors (Lipinski definition) is 4. The second-order valence-corrected chi connectivity index (χ2v) is 6.70. The first-order valence-electron chi connectivity index (χ1n) is 8.96. The fraction of sp³-hybridized carbons (Fsp3) is 0.579. The molecule has 0 spiro atoms. The van der Waals surface area contributed by atoms with Crippen molar-refractivity contribution in [3.8, 4) is 6.07 Å². The maximum atomic E-state index is 12.8. The summed E-state index contributed by atoms with van der Waals surface area (Å²) in [6, 6.07) is 12.6. The Balaban J connectivity index is 1.50. The first-order chi connectivity index (χ1) is 11.8. The molecule has 1 unspecified atom stereocenters. The minimum Gasteiger partial charge on any atom is -0.368 e. The van der Waals surface area contributed by atoms with Crippen LogP contribution in [0.1, 0.15) is 19.3 Å². The molecule has 24 heavy (non-hydrogen) atoms. The summed E-state index contributed by atoms with van der Waals surface area (Å²) in [7, 11) is 0. The van der Waals surface area contributed by atoms with Crippen molar-refractivity contribution in [3.05, 3.63) is 30.3 Å². The van der Waals surface area contributed by atoms with E-state index in [1.165, 1.54) is 5.69 Å². The number of nitriles is 1. The van der Waals surface area contributed by atoms with Crippen LogP contribution < -0.4 is 4.90 Å². The Morgan fingerprint density at radius 1 is 1.12 bits per heavy atom. The Hall–Kier alpha value is -2.06. The van der Waals surface area contributed by atoms with Gasteiger partial charge in [-0.3, -0.25) is 4.79 Å². The highest BCUT2D eigenvalue weighted by atomic mass is 16.2. The van der Waals surface area contributed by atoms with E-state index in [1.807, 2.05) is 11.0 Å². The molecule has 0 saturated carbocycles. The molecule has 2 aliphatic rings. The molecule has 1 amide bonds. The molecule has 2 fully saturated rings. The van der Waals surface area contributed by atoms with Crippen molar-refractivity contribution in [1.82, 2.24) is 9.80 Å². The molecule has 5 nitrogen and oxygen atoms in total. The van der Waals surface area contributed by atoms with E-state index in [2.05, 4.69) is 40.1 Å². The topological polar surface area (TPSA) is 50.6 Å². The lowest BCUT2D eigenvalue weighted by atomic mass is 9.96. The number of likely N-dealkylation sites (tertiary alicyclic amines) is 1. The van der Waals surface area contributed by atoms with E-state index in [9.17, 15) is 4.79 Å². The lowest BCUT2D eigenvalue weighted by Crippen LogP contribution is -2.52. The zero-order valence-corrected chi connectivity index (χ0v) is 14.2. The molecule has 2 saturated heterocycles. The second kappa shape index (κ2) is 8.16. The Kier molecular flexibility index (Phi) is 5.71. The van der Waals surface area contributed by atoms with Crippen LogP contribution in [0.4, 0.5) is 5.69 Å². The highest BCUT2D eigenvalue weighted by molar-refractivity contribution is 5.79. The van der Waals surface area contributed by atoms with E-state index in [-0.39, 0.29) is 5.92 Å². The Morgan fingerprint density at radius 3 is 2.58 bits per heavy atom. The average Bonchev–Trinajstić information content (AvgIpc) is 2.67. The van der Waals surface area contributed by atoms with Gasteiger partial charge in [0.05, 0.1) is 12.0 Å². The van der Waals surface area contributed by atoms with Gasteiger partial charge < -0.3 is 14.7 Å². The summed E-state index contributed by atoms with van der Waals surface area (Å²) in [6.07, 6.45) is 2.60. The quantitative estimate of drug-likeness (QED) is 0.849. The molecule has 1 aromatic carbocycles. The lowest BCUT2D eigenvalue weighted by molar-refractivity contribution is -0.137. The number of para-hydroxylation sites is 1. The summed E-state index contributed by atoms with van der Waals surface area (Å²) in [5.41, 5.74) is 1.24. The predicted octanol–water partition coefficient (Wildman–Crippen LogP) is 1.96. The normalized spacial score (nSPS) is 22.2. The highest BCUT2D eigenvalue weighted by Gasteiger charge is 2.30. The number of carbonyl (C=O) groups excluding carboxylic acids is 1. The number of rotatable bonds is 4. The molecule has 0 bridgehead atoms. The van der Waals surface area contributed by atoms with Gasteiger partial charge >= 0.3 is 0 Å². The molecule has 1 aromatic rings. The molecule has 0 radical (unpaired) electrons. The zero-order valence-electron chi connectivity index (χ0n) is 14.2. The van der Waals surface area contributed by atoms with Crippen LogP contribution in [-0.2, 0) is 4.79 Å². The summed E-state index contributed by atoms with van der Waals surface area (Å²) >= 11 is 0. The average molecular weight is 326 g/mol. The first-order valence-corrected chi connectivity index (χ1v) is 8.96. The van der Waals surface area contributed by atoms with Crippen LogP contribution in [0.5, 0.6) is 0 Å². The summed E-state index contributed by atoms with van der Waals surface area (Å²) in [4.78, 5) is 19.5. The zero-order chi connectivity index (χ0) is 16.8. The van der Waals surface area contributed by atoms with Gasteiger partial charge in [-0.25, -0.2) is 0 Å². The number of nitrogens with zero attached hydrogens (tertiary/aromatic N) is 4. The van der Waals surface area contributed by atoms with Gasteiger partial charge in [0.25, 0.3) is 0 Å². The molecule has 1 atom stereocenters. The number of amides is 1. The van der Waals surface area contributed by atoms with E-state index in [1.54, 1.807) is 0 Å². The summed E-state index contributed by atoms with van der Waals surface area (Å²) < 4.78 is 0. The lowest BCUT2D eigenvalue weighted by Gasteiger charge is -2.39. The van der Waals surface area contributed by atoms with Crippen LogP contribution in [-0.4, -0.2) is 61.5 Å². The van der Waals surface area contributed by atoms with Crippen molar-refractivity contribution >= 4 is 11.6 Å². The summed E-state index contributed by atoms with van der Waals surface area (Å²) in [5, 5.41) is 8.74. The summed E-state index contributed by atoms with van der Waals surface area (Å²) in [6.45, 7) is 6.06. The van der Waals surface area contributed by atoms with Crippen LogP contribution in [0, 0.1) is 17.2 Å². The van der Waals surface area contributed by atoms with Crippen LogP contribution in [0.2, 0.25) is 0 Å². The van der Waals surface area contributed by atoms with Crippen molar-refractivity contribution in [2.45, 2.75) is 19.3 Å². The van der Waals surface area contributed by atoms with E-state index >= 15 is 0 Å². The number of piperidine rings is 1. The highest BCUT2D eigenvalue weighted by Crippen LogP contribution is 2.21. The molecule has 0 N–H and O–H groups in total. The minimum atomic E-state index is 0.112. The van der Waals surface area contributed by atoms with Gasteiger partial charge in [0.2, 0.25) is 5.91 Å². The van der Waals surface area contributed by atoms with Crippen molar-refractivity contribution < 1.29 is 4.79 Å². The molecule has 0 aliphatic carbocycles. The monoisotopic (exact) mass is 326 g/mol. The van der Waals surface area contributed by atoms with E-state index < -0.39 is 0 Å². The third-order valence-corrected chi connectivity index (χ3v) is 5.11. The maximum absolute atomic E-state index is 12.8.